The molecule has 19 heavy (non-hydrogen) atoms. The minimum absolute atomic E-state index is 0.317. The van der Waals surface area contributed by atoms with Gasteiger partial charge in [-0.1, -0.05) is 5.16 Å². The van der Waals surface area contributed by atoms with Crippen molar-refractivity contribution >= 4 is 12.1 Å². The number of oxime groups is 1. The SMILES string of the molecule is O=C(/C=N\O)NCCN1CC2CC3CC(C2)CC1C3. The Morgan fingerprint density at radius 1 is 1.21 bits per heavy atom. The van der Waals surface area contributed by atoms with Gasteiger partial charge in [0.15, 0.2) is 0 Å². The summed E-state index contributed by atoms with van der Waals surface area (Å²) in [5.74, 6) is 2.49. The molecular formula is C14H23N3O2. The standard InChI is InChI=1S/C14H23N3O2/c18-14(8-16-19)15-1-2-17-9-12-4-10-3-11(5-12)7-13(17)6-10/h8,10-13,19H,1-7,9H2,(H,15,18)/b16-8-. The van der Waals surface area contributed by atoms with Gasteiger partial charge in [0.1, 0.15) is 6.21 Å². The molecule has 4 bridgehead atoms. The maximum Gasteiger partial charge on any atom is 0.265 e. The van der Waals surface area contributed by atoms with E-state index in [1.807, 2.05) is 0 Å². The lowest BCUT2D eigenvalue weighted by Crippen LogP contribution is -2.42. The summed E-state index contributed by atoms with van der Waals surface area (Å²) >= 11 is 0. The van der Waals surface area contributed by atoms with Crippen LogP contribution < -0.4 is 5.32 Å². The van der Waals surface area contributed by atoms with Crippen LogP contribution in [0.15, 0.2) is 5.16 Å². The van der Waals surface area contributed by atoms with Crippen LogP contribution >= 0.6 is 0 Å². The van der Waals surface area contributed by atoms with E-state index < -0.39 is 0 Å². The van der Waals surface area contributed by atoms with Gasteiger partial charge in [0.2, 0.25) is 0 Å². The zero-order chi connectivity index (χ0) is 13.2. The molecule has 0 aromatic heterocycles. The van der Waals surface area contributed by atoms with Gasteiger partial charge < -0.3 is 10.5 Å². The zero-order valence-corrected chi connectivity index (χ0v) is 11.3. The average Bonchev–Trinajstić information content (AvgIpc) is 2.54. The summed E-state index contributed by atoms with van der Waals surface area (Å²) in [6, 6.07) is 0.736. The maximum atomic E-state index is 11.2. The van der Waals surface area contributed by atoms with Crippen LogP contribution in [-0.4, -0.2) is 47.9 Å². The number of fused-ring (bicyclic) bond motifs is 1. The molecule has 2 atom stereocenters. The first-order valence-corrected chi connectivity index (χ1v) is 7.44. The molecule has 5 nitrogen and oxygen atoms in total. The van der Waals surface area contributed by atoms with Crippen LogP contribution in [0.5, 0.6) is 0 Å². The van der Waals surface area contributed by atoms with Crippen LogP contribution in [-0.2, 0) is 4.79 Å². The average molecular weight is 265 g/mol. The third kappa shape index (κ3) is 2.91. The molecule has 5 heteroatoms. The number of amides is 1. The fourth-order valence-corrected chi connectivity index (χ4v) is 4.58. The third-order valence-electron chi connectivity index (χ3n) is 5.09. The van der Waals surface area contributed by atoms with Crippen molar-refractivity contribution in [2.75, 3.05) is 19.6 Å². The van der Waals surface area contributed by atoms with Gasteiger partial charge in [-0.2, -0.15) is 0 Å². The molecule has 2 N–H and O–H groups in total. The van der Waals surface area contributed by atoms with Gasteiger partial charge in [0.25, 0.3) is 5.91 Å². The quantitative estimate of drug-likeness (QED) is 0.454. The highest BCUT2D eigenvalue weighted by Crippen LogP contribution is 2.47. The molecule has 0 aromatic carbocycles. The normalized spacial score (nSPS) is 37.7. The molecule has 4 aliphatic rings. The van der Waals surface area contributed by atoms with E-state index in [1.54, 1.807) is 0 Å². The van der Waals surface area contributed by atoms with Crippen molar-refractivity contribution in [3.8, 4) is 0 Å². The number of nitrogens with one attached hydrogen (secondary N) is 1. The summed E-state index contributed by atoms with van der Waals surface area (Å²) < 4.78 is 0. The third-order valence-corrected chi connectivity index (χ3v) is 5.09. The predicted octanol–water partition coefficient (Wildman–Crippen LogP) is 1.07. The Morgan fingerprint density at radius 2 is 1.89 bits per heavy atom. The van der Waals surface area contributed by atoms with E-state index >= 15 is 0 Å². The van der Waals surface area contributed by atoms with Gasteiger partial charge in [-0.25, -0.2) is 0 Å². The fraction of sp³-hybridized carbons (Fsp3) is 0.857. The topological polar surface area (TPSA) is 64.9 Å². The molecule has 2 heterocycles. The lowest BCUT2D eigenvalue weighted by molar-refractivity contribution is -0.114. The molecule has 1 amide bonds. The summed E-state index contributed by atoms with van der Waals surface area (Å²) in [7, 11) is 0. The van der Waals surface area contributed by atoms with Crippen LogP contribution in [0.2, 0.25) is 0 Å². The Labute approximate surface area is 114 Å². The van der Waals surface area contributed by atoms with E-state index in [0.717, 1.165) is 36.6 Å². The number of carbonyl (C=O) groups excluding carboxylic acids is 1. The Kier molecular flexibility index (Phi) is 3.73. The van der Waals surface area contributed by atoms with Crippen LogP contribution in [0.3, 0.4) is 0 Å². The van der Waals surface area contributed by atoms with Crippen molar-refractivity contribution in [1.29, 1.82) is 0 Å². The van der Waals surface area contributed by atoms with Gasteiger partial charge in [-0.3, -0.25) is 9.69 Å². The van der Waals surface area contributed by atoms with E-state index in [4.69, 9.17) is 5.21 Å². The summed E-state index contributed by atoms with van der Waals surface area (Å²) in [6.07, 6.45) is 7.94. The summed E-state index contributed by atoms with van der Waals surface area (Å²) in [5.41, 5.74) is 0. The second-order valence-electron chi connectivity index (χ2n) is 6.46. The molecule has 0 radical (unpaired) electrons. The second kappa shape index (κ2) is 5.49. The number of carbonyl (C=O) groups is 1. The number of hydrogen-bond acceptors (Lipinski definition) is 4. The molecule has 2 unspecified atom stereocenters. The summed E-state index contributed by atoms with van der Waals surface area (Å²) in [4.78, 5) is 13.8. The van der Waals surface area contributed by atoms with Crippen LogP contribution in [0.25, 0.3) is 0 Å². The Bertz CT molecular complexity index is 358. The van der Waals surface area contributed by atoms with Crippen LogP contribution in [0, 0.1) is 17.8 Å². The molecular weight excluding hydrogens is 242 g/mol. The summed E-state index contributed by atoms with van der Waals surface area (Å²) in [6.45, 7) is 2.77. The molecule has 2 saturated heterocycles. The lowest BCUT2D eigenvalue weighted by atomic mass is 9.68. The highest BCUT2D eigenvalue weighted by Gasteiger charge is 2.42. The monoisotopic (exact) mass is 265 g/mol. The molecule has 0 aromatic rings. The second-order valence-corrected chi connectivity index (χ2v) is 6.46. The maximum absolute atomic E-state index is 11.2. The Morgan fingerprint density at radius 3 is 2.58 bits per heavy atom. The van der Waals surface area contributed by atoms with E-state index in [1.165, 1.54) is 38.6 Å². The smallest absolute Gasteiger partial charge is 0.265 e. The van der Waals surface area contributed by atoms with E-state index in [-0.39, 0.29) is 5.91 Å². The van der Waals surface area contributed by atoms with Crippen LogP contribution in [0.4, 0.5) is 0 Å². The van der Waals surface area contributed by atoms with E-state index in [9.17, 15) is 4.79 Å². The highest BCUT2D eigenvalue weighted by atomic mass is 16.4. The van der Waals surface area contributed by atoms with E-state index in [2.05, 4.69) is 15.4 Å². The number of rotatable bonds is 4. The molecule has 2 saturated carbocycles. The van der Waals surface area contributed by atoms with Crippen molar-refractivity contribution in [1.82, 2.24) is 10.2 Å². The van der Waals surface area contributed by atoms with Gasteiger partial charge in [0, 0.05) is 25.7 Å². The van der Waals surface area contributed by atoms with Gasteiger partial charge in [0.05, 0.1) is 0 Å². The minimum Gasteiger partial charge on any atom is -0.411 e. The van der Waals surface area contributed by atoms with Gasteiger partial charge >= 0.3 is 0 Å². The first-order valence-electron chi connectivity index (χ1n) is 7.44. The zero-order valence-electron chi connectivity index (χ0n) is 11.3. The first kappa shape index (κ1) is 12.9. The van der Waals surface area contributed by atoms with Crippen molar-refractivity contribution in [2.24, 2.45) is 22.9 Å². The van der Waals surface area contributed by atoms with Crippen molar-refractivity contribution in [3.05, 3.63) is 0 Å². The van der Waals surface area contributed by atoms with Gasteiger partial charge in [-0.15, -0.1) is 0 Å². The highest BCUT2D eigenvalue weighted by molar-refractivity contribution is 6.25. The molecule has 2 aliphatic carbocycles. The largest absolute Gasteiger partial charge is 0.411 e. The molecule has 4 fully saturated rings. The molecule has 106 valence electrons. The molecule has 0 spiro atoms. The van der Waals surface area contributed by atoms with Crippen molar-refractivity contribution < 1.29 is 10.0 Å². The van der Waals surface area contributed by atoms with Crippen molar-refractivity contribution in [2.45, 2.75) is 38.1 Å². The first-order chi connectivity index (χ1) is 9.24. The van der Waals surface area contributed by atoms with E-state index in [0.29, 0.717) is 6.54 Å². The lowest BCUT2D eigenvalue weighted by Gasteiger charge is -2.39. The Balaban J connectivity index is 1.52. The molecule has 2 aliphatic heterocycles. The minimum atomic E-state index is -0.317. The molecule has 4 rings (SSSR count). The summed E-state index contributed by atoms with van der Waals surface area (Å²) in [5, 5.41) is 13.8. The van der Waals surface area contributed by atoms with Gasteiger partial charge in [-0.05, 0) is 49.9 Å². The number of hydrogen-bond donors (Lipinski definition) is 2. The van der Waals surface area contributed by atoms with Crippen molar-refractivity contribution in [3.63, 3.8) is 0 Å². The fourth-order valence-electron chi connectivity index (χ4n) is 4.58. The van der Waals surface area contributed by atoms with Crippen LogP contribution in [0.1, 0.15) is 32.1 Å². The number of nitrogens with zero attached hydrogens (tertiary/aromatic N) is 2. The predicted molar refractivity (Wildman–Crippen MR) is 72.2 cm³/mol. The Hall–Kier alpha value is -1.10.